The minimum Gasteiger partial charge on any atom is -0.453 e. The first-order valence-electron chi connectivity index (χ1n) is 16.9. The van der Waals surface area contributed by atoms with Gasteiger partial charge in [0.05, 0.1) is 50.1 Å². The molecule has 0 saturated carbocycles. The van der Waals surface area contributed by atoms with Crippen LogP contribution in [0.3, 0.4) is 0 Å². The number of amides is 4. The van der Waals surface area contributed by atoms with Gasteiger partial charge in [0.2, 0.25) is 11.8 Å². The van der Waals surface area contributed by atoms with E-state index in [0.29, 0.717) is 31.2 Å². The summed E-state index contributed by atoms with van der Waals surface area (Å²) < 4.78 is 9.24. The second-order valence-corrected chi connectivity index (χ2v) is 12.8. The number of nitrogens with zero attached hydrogens (tertiary/aromatic N) is 4. The van der Waals surface area contributed by atoms with Crippen molar-refractivity contribution in [2.45, 2.75) is 63.4 Å². The van der Waals surface area contributed by atoms with E-state index in [1.165, 1.54) is 19.1 Å². The number of benzene rings is 2. The summed E-state index contributed by atoms with van der Waals surface area (Å²) in [5, 5.41) is 15.8. The highest BCUT2D eigenvalue weighted by Crippen LogP contribution is 2.34. The second-order valence-electron chi connectivity index (χ2n) is 12.8. The summed E-state index contributed by atoms with van der Waals surface area (Å²) in [7, 11) is 2.49. The van der Waals surface area contributed by atoms with Crippen LogP contribution in [-0.2, 0) is 19.1 Å². The third kappa shape index (κ3) is 7.43. The number of methoxy groups -OCH3 is 2. The van der Waals surface area contributed by atoms with Crippen molar-refractivity contribution in [3.8, 4) is 33.6 Å². The monoisotopic (exact) mass is 698 g/mol. The SMILES string of the molecule is COC(=O)NC(C)C(=O)N1CCC[C@H]1c1ncc(-c2ccc(-c3ccc(-c4cnc([C@@H]5[C@@H](O)CCN5C(=O)[C@H](C)NC(=O)OC)[nH]4)cc3)cc2)[nH]1. The zero-order valence-corrected chi connectivity index (χ0v) is 28.9. The van der Waals surface area contributed by atoms with Crippen molar-refractivity contribution >= 4 is 24.0 Å². The van der Waals surface area contributed by atoms with E-state index in [1.807, 2.05) is 48.5 Å². The molecule has 0 spiro atoms. The number of aliphatic hydroxyl groups is 1. The minimum absolute atomic E-state index is 0.184. The number of ether oxygens (including phenoxy) is 2. The van der Waals surface area contributed by atoms with Crippen molar-refractivity contribution < 1.29 is 33.8 Å². The molecule has 2 fully saturated rings. The lowest BCUT2D eigenvalue weighted by atomic mass is 10.0. The molecule has 2 aliphatic rings. The summed E-state index contributed by atoms with van der Waals surface area (Å²) in [6, 6.07) is 13.7. The maximum Gasteiger partial charge on any atom is 0.407 e. The Balaban J connectivity index is 1.10. The summed E-state index contributed by atoms with van der Waals surface area (Å²) in [6.45, 7) is 4.13. The predicted octanol–water partition coefficient (Wildman–Crippen LogP) is 3.92. The zero-order chi connectivity index (χ0) is 36.2. The number of rotatable bonds is 9. The fourth-order valence-corrected chi connectivity index (χ4v) is 6.73. The van der Waals surface area contributed by atoms with Crippen LogP contribution in [0, 0.1) is 0 Å². The van der Waals surface area contributed by atoms with Crippen LogP contribution >= 0.6 is 0 Å². The third-order valence-corrected chi connectivity index (χ3v) is 9.48. The Morgan fingerprint density at radius 1 is 0.725 bits per heavy atom. The fourth-order valence-electron chi connectivity index (χ4n) is 6.73. The molecule has 5 N–H and O–H groups in total. The van der Waals surface area contributed by atoms with Gasteiger partial charge in [0.15, 0.2) is 0 Å². The number of hydrogen-bond acceptors (Lipinski definition) is 9. The van der Waals surface area contributed by atoms with Gasteiger partial charge in [-0.3, -0.25) is 9.59 Å². The molecule has 4 amide bonds. The summed E-state index contributed by atoms with van der Waals surface area (Å²) in [5.74, 6) is 0.649. The molecule has 2 aliphatic heterocycles. The lowest BCUT2D eigenvalue weighted by Gasteiger charge is -2.27. The zero-order valence-electron chi connectivity index (χ0n) is 28.9. The van der Waals surface area contributed by atoms with Crippen LogP contribution in [0.25, 0.3) is 33.6 Å². The molecule has 6 rings (SSSR count). The molecule has 2 aromatic heterocycles. The van der Waals surface area contributed by atoms with Gasteiger partial charge in [-0.1, -0.05) is 48.5 Å². The van der Waals surface area contributed by atoms with Crippen LogP contribution in [-0.4, -0.2) is 104 Å². The summed E-state index contributed by atoms with van der Waals surface area (Å²) in [4.78, 5) is 68.5. The first-order valence-corrected chi connectivity index (χ1v) is 16.9. The maximum atomic E-state index is 13.1. The van der Waals surface area contributed by atoms with Crippen LogP contribution in [0.15, 0.2) is 60.9 Å². The molecule has 0 aliphatic carbocycles. The standard InChI is InChI=1S/C36H42N8O7/c1-20(39-35(48)50-3)33(46)43-16-5-6-28(43)31-37-18-26(41-31)24-11-7-22(8-12-24)23-9-13-25(14-10-23)27-19-38-32(42-27)30-29(45)15-17-44(30)34(47)21(2)40-36(49)51-4/h7-14,18-21,28-30,45H,5-6,15-17H2,1-4H3,(H,37,41)(H,38,42)(H,39,48)(H,40,49)/t20?,21-,28-,29-,30-/m0/s1. The highest BCUT2D eigenvalue weighted by molar-refractivity contribution is 5.86. The van der Waals surface area contributed by atoms with Crippen molar-refractivity contribution in [1.82, 2.24) is 40.4 Å². The number of imidazole rings is 2. The number of likely N-dealkylation sites (tertiary alicyclic amines) is 2. The van der Waals surface area contributed by atoms with Crippen molar-refractivity contribution in [2.24, 2.45) is 0 Å². The van der Waals surface area contributed by atoms with Crippen LogP contribution in [0.1, 0.15) is 56.8 Å². The Morgan fingerprint density at radius 3 is 1.73 bits per heavy atom. The number of alkyl carbamates (subject to hydrolysis) is 2. The predicted molar refractivity (Wildman–Crippen MR) is 186 cm³/mol. The van der Waals surface area contributed by atoms with Crippen molar-refractivity contribution in [3.05, 3.63) is 72.6 Å². The lowest BCUT2D eigenvalue weighted by Crippen LogP contribution is -2.47. The molecular weight excluding hydrogens is 656 g/mol. The van der Waals surface area contributed by atoms with E-state index >= 15 is 0 Å². The minimum atomic E-state index is -0.827. The van der Waals surface area contributed by atoms with Crippen molar-refractivity contribution in [2.75, 3.05) is 27.3 Å². The van der Waals surface area contributed by atoms with Gasteiger partial charge < -0.3 is 45.0 Å². The number of aromatic amines is 2. The molecule has 5 atom stereocenters. The average Bonchev–Trinajstić information content (AvgIpc) is 3.98. The van der Waals surface area contributed by atoms with Gasteiger partial charge in [-0.15, -0.1) is 0 Å². The smallest absolute Gasteiger partial charge is 0.407 e. The van der Waals surface area contributed by atoms with Gasteiger partial charge in [0.1, 0.15) is 29.8 Å². The summed E-state index contributed by atoms with van der Waals surface area (Å²) in [5.41, 5.74) is 5.45. The van der Waals surface area contributed by atoms with Gasteiger partial charge in [0, 0.05) is 13.1 Å². The molecule has 1 unspecified atom stereocenters. The molecule has 4 aromatic rings. The van der Waals surface area contributed by atoms with E-state index in [0.717, 1.165) is 46.5 Å². The number of carbonyl (C=O) groups is 4. The number of hydrogen-bond donors (Lipinski definition) is 5. The Bertz CT molecular complexity index is 1870. The molecule has 2 aromatic carbocycles. The average molecular weight is 699 g/mol. The van der Waals surface area contributed by atoms with Gasteiger partial charge in [-0.05, 0) is 55.4 Å². The first kappa shape index (κ1) is 35.1. The number of carbonyl (C=O) groups excluding carboxylic acids is 4. The van der Waals surface area contributed by atoms with E-state index in [2.05, 4.69) is 40.0 Å². The van der Waals surface area contributed by atoms with Gasteiger partial charge in [0.25, 0.3) is 0 Å². The third-order valence-electron chi connectivity index (χ3n) is 9.48. The number of H-pyrrole nitrogens is 2. The summed E-state index contributed by atoms with van der Waals surface area (Å²) in [6.07, 6.45) is 3.31. The maximum absolute atomic E-state index is 13.1. The van der Waals surface area contributed by atoms with Crippen molar-refractivity contribution in [1.29, 1.82) is 0 Å². The van der Waals surface area contributed by atoms with Crippen LogP contribution in [0.4, 0.5) is 9.59 Å². The van der Waals surface area contributed by atoms with E-state index in [-0.39, 0.29) is 17.9 Å². The van der Waals surface area contributed by atoms with E-state index < -0.39 is 36.4 Å². The molecule has 2 saturated heterocycles. The molecule has 51 heavy (non-hydrogen) atoms. The number of nitrogens with one attached hydrogen (secondary N) is 4. The fraction of sp³-hybridized carbons (Fsp3) is 0.389. The largest absolute Gasteiger partial charge is 0.453 e. The van der Waals surface area contributed by atoms with Gasteiger partial charge in [-0.2, -0.15) is 0 Å². The normalized spacial score (nSPS) is 19.7. The molecule has 4 heterocycles. The van der Waals surface area contributed by atoms with E-state index in [1.54, 1.807) is 31.1 Å². The second kappa shape index (κ2) is 15.0. The first-order chi connectivity index (χ1) is 24.6. The Kier molecular flexibility index (Phi) is 10.4. The topological polar surface area (TPSA) is 195 Å². The molecule has 0 bridgehead atoms. The number of aliphatic hydroxyl groups excluding tert-OH is 1. The molecule has 268 valence electrons. The molecule has 0 radical (unpaired) electrons. The highest BCUT2D eigenvalue weighted by Gasteiger charge is 2.41. The van der Waals surface area contributed by atoms with Crippen molar-refractivity contribution in [3.63, 3.8) is 0 Å². The lowest BCUT2D eigenvalue weighted by molar-refractivity contribution is -0.135. The van der Waals surface area contributed by atoms with Crippen LogP contribution < -0.4 is 10.6 Å². The van der Waals surface area contributed by atoms with E-state index in [9.17, 15) is 24.3 Å². The van der Waals surface area contributed by atoms with Gasteiger partial charge in [-0.25, -0.2) is 19.6 Å². The molecular formula is C36H42N8O7. The summed E-state index contributed by atoms with van der Waals surface area (Å²) >= 11 is 0. The number of aromatic nitrogens is 4. The van der Waals surface area contributed by atoms with Crippen LogP contribution in [0.2, 0.25) is 0 Å². The quantitative estimate of drug-likeness (QED) is 0.172. The molecule has 15 nitrogen and oxygen atoms in total. The van der Waals surface area contributed by atoms with Crippen LogP contribution in [0.5, 0.6) is 0 Å². The van der Waals surface area contributed by atoms with Gasteiger partial charge >= 0.3 is 12.2 Å². The Morgan fingerprint density at radius 2 is 1.20 bits per heavy atom. The Labute approximate surface area is 294 Å². The Hall–Kier alpha value is -5.70. The van der Waals surface area contributed by atoms with E-state index in [4.69, 9.17) is 0 Å². The highest BCUT2D eigenvalue weighted by atomic mass is 16.5. The molecule has 15 heteroatoms.